The maximum atomic E-state index is 12.5. The summed E-state index contributed by atoms with van der Waals surface area (Å²) in [7, 11) is 1.46. The maximum Gasteiger partial charge on any atom is 0.310 e. The zero-order valence-corrected chi connectivity index (χ0v) is 14.9. The lowest BCUT2D eigenvalue weighted by Gasteiger charge is -2.33. The van der Waals surface area contributed by atoms with E-state index in [1.807, 2.05) is 6.08 Å². The summed E-state index contributed by atoms with van der Waals surface area (Å²) in [6.45, 7) is 5.33. The van der Waals surface area contributed by atoms with Crippen LogP contribution in [-0.4, -0.2) is 43.8 Å². The Morgan fingerprint density at radius 2 is 2.08 bits per heavy atom. The molecule has 24 heavy (non-hydrogen) atoms. The lowest BCUT2D eigenvalue weighted by molar-refractivity contribution is -0.148. The average molecular weight is 333 g/mol. The lowest BCUT2D eigenvalue weighted by Crippen LogP contribution is -2.42. The molecule has 1 aliphatic rings. The highest BCUT2D eigenvalue weighted by Gasteiger charge is 2.39. The summed E-state index contributed by atoms with van der Waals surface area (Å²) in [6, 6.07) is 8.49. The van der Waals surface area contributed by atoms with E-state index in [0.29, 0.717) is 6.54 Å². The fraction of sp³-hybridized carbons (Fsp3) is 0.550. The summed E-state index contributed by atoms with van der Waals surface area (Å²) in [5.41, 5.74) is 2.36. The first-order chi connectivity index (χ1) is 11.6. The molecule has 1 aliphatic heterocycles. The minimum absolute atomic E-state index is 0.0776. The number of hydrogen-bond donors (Lipinski definition) is 0. The van der Waals surface area contributed by atoms with E-state index in [9.17, 15) is 9.18 Å². The quantitative estimate of drug-likeness (QED) is 0.560. The number of nitrogens with zero attached hydrogens (tertiary/aromatic N) is 1. The number of ether oxygens (including phenoxy) is 1. The number of carbonyl (C=O) groups excluding carboxylic acids is 1. The van der Waals surface area contributed by atoms with E-state index in [1.54, 1.807) is 0 Å². The summed E-state index contributed by atoms with van der Waals surface area (Å²) < 4.78 is 17.4. The highest BCUT2D eigenvalue weighted by atomic mass is 19.1. The van der Waals surface area contributed by atoms with E-state index in [1.165, 1.54) is 18.7 Å². The second kappa shape index (κ2) is 8.97. The first-order valence-corrected chi connectivity index (χ1v) is 8.68. The van der Waals surface area contributed by atoms with Crippen LogP contribution in [0.25, 0.3) is 0 Å². The zero-order valence-electron chi connectivity index (χ0n) is 14.9. The normalized spacial score (nSPS) is 21.1. The molecule has 0 N–H and O–H groups in total. The standard InChI is InChI=1S/C20H28FNO2/c1-15-8-10-17(11-9-15)16(2)19(20(23)24-3)18-7-6-14-22(18)13-5-4-12-21/h4-5,8-11,16,18-19H,6-7,12-14H2,1-3H3/b5-4+. The largest absolute Gasteiger partial charge is 0.469 e. The van der Waals surface area contributed by atoms with Crippen molar-refractivity contribution >= 4 is 5.97 Å². The number of benzene rings is 1. The Balaban J connectivity index is 2.22. The van der Waals surface area contributed by atoms with Crippen LogP contribution < -0.4 is 0 Å². The molecule has 1 aromatic carbocycles. The second-order valence-electron chi connectivity index (χ2n) is 6.58. The third-order valence-electron chi connectivity index (χ3n) is 5.04. The third-order valence-corrected chi connectivity index (χ3v) is 5.04. The maximum absolute atomic E-state index is 12.5. The van der Waals surface area contributed by atoms with Crippen molar-refractivity contribution in [1.29, 1.82) is 0 Å². The van der Waals surface area contributed by atoms with Gasteiger partial charge in [-0.25, -0.2) is 4.39 Å². The highest BCUT2D eigenvalue weighted by Crippen LogP contribution is 2.35. The van der Waals surface area contributed by atoms with Gasteiger partial charge in [-0.2, -0.15) is 0 Å². The van der Waals surface area contributed by atoms with Crippen molar-refractivity contribution in [1.82, 2.24) is 4.90 Å². The van der Waals surface area contributed by atoms with Gasteiger partial charge in [-0.3, -0.25) is 9.69 Å². The smallest absolute Gasteiger partial charge is 0.310 e. The molecule has 0 spiro atoms. The number of allylic oxidation sites excluding steroid dienone is 1. The molecule has 3 atom stereocenters. The van der Waals surface area contributed by atoms with Crippen LogP contribution in [0.5, 0.6) is 0 Å². The first-order valence-electron chi connectivity index (χ1n) is 8.68. The molecular formula is C20H28FNO2. The van der Waals surface area contributed by atoms with Crippen molar-refractivity contribution in [3.63, 3.8) is 0 Å². The van der Waals surface area contributed by atoms with E-state index in [0.717, 1.165) is 24.9 Å². The van der Waals surface area contributed by atoms with Crippen LogP contribution in [0.1, 0.15) is 36.8 Å². The molecular weight excluding hydrogens is 305 g/mol. The first kappa shape index (κ1) is 18.7. The number of hydrogen-bond acceptors (Lipinski definition) is 3. The van der Waals surface area contributed by atoms with E-state index in [2.05, 4.69) is 43.0 Å². The van der Waals surface area contributed by atoms with Gasteiger partial charge in [0.05, 0.1) is 13.0 Å². The molecule has 4 heteroatoms. The van der Waals surface area contributed by atoms with Crippen LogP contribution in [0.2, 0.25) is 0 Å². The van der Waals surface area contributed by atoms with Gasteiger partial charge < -0.3 is 4.74 Å². The van der Waals surface area contributed by atoms with Crippen LogP contribution in [0, 0.1) is 12.8 Å². The molecule has 1 saturated heterocycles. The van der Waals surface area contributed by atoms with Crippen LogP contribution in [0.4, 0.5) is 4.39 Å². The molecule has 0 aliphatic carbocycles. The van der Waals surface area contributed by atoms with Gasteiger partial charge in [0.15, 0.2) is 0 Å². The van der Waals surface area contributed by atoms with E-state index in [-0.39, 0.29) is 23.8 Å². The summed E-state index contributed by atoms with van der Waals surface area (Å²) in [6.07, 6.45) is 5.41. The van der Waals surface area contributed by atoms with Crippen LogP contribution in [0.15, 0.2) is 36.4 Å². The molecule has 1 aromatic rings. The van der Waals surface area contributed by atoms with Crippen LogP contribution in [0.3, 0.4) is 0 Å². The number of esters is 1. The summed E-state index contributed by atoms with van der Waals surface area (Å²) in [4.78, 5) is 14.8. The number of aryl methyl sites for hydroxylation is 1. The Morgan fingerprint density at radius 3 is 2.71 bits per heavy atom. The van der Waals surface area contributed by atoms with Gasteiger partial charge in [-0.1, -0.05) is 48.9 Å². The molecule has 3 unspecified atom stereocenters. The second-order valence-corrected chi connectivity index (χ2v) is 6.58. The molecule has 0 amide bonds. The molecule has 0 bridgehead atoms. The van der Waals surface area contributed by atoms with Gasteiger partial charge in [0, 0.05) is 12.6 Å². The van der Waals surface area contributed by atoms with Crippen LogP contribution >= 0.6 is 0 Å². The number of halogens is 1. The number of rotatable bonds is 7. The molecule has 0 radical (unpaired) electrons. The summed E-state index contributed by atoms with van der Waals surface area (Å²) in [5, 5.41) is 0. The van der Waals surface area contributed by atoms with Gasteiger partial charge >= 0.3 is 5.97 Å². The lowest BCUT2D eigenvalue weighted by atomic mass is 9.81. The Kier molecular flexibility index (Phi) is 6.98. The predicted octanol–water partition coefficient (Wildman–Crippen LogP) is 3.88. The number of carbonyl (C=O) groups is 1. The van der Waals surface area contributed by atoms with Gasteiger partial charge in [-0.15, -0.1) is 0 Å². The number of likely N-dealkylation sites (tertiary alicyclic amines) is 1. The minimum Gasteiger partial charge on any atom is -0.469 e. The summed E-state index contributed by atoms with van der Waals surface area (Å²) in [5.74, 6) is -0.290. The Labute approximate surface area is 144 Å². The van der Waals surface area contributed by atoms with Gasteiger partial charge in [0.1, 0.15) is 6.67 Å². The molecule has 3 nitrogen and oxygen atoms in total. The Hall–Kier alpha value is -1.68. The molecule has 0 aromatic heterocycles. The fourth-order valence-electron chi connectivity index (χ4n) is 3.67. The molecule has 0 saturated carbocycles. The monoisotopic (exact) mass is 333 g/mol. The van der Waals surface area contributed by atoms with Crippen molar-refractivity contribution in [3.05, 3.63) is 47.5 Å². The van der Waals surface area contributed by atoms with E-state index < -0.39 is 6.67 Å². The topological polar surface area (TPSA) is 29.5 Å². The molecule has 132 valence electrons. The van der Waals surface area contributed by atoms with Crippen molar-refractivity contribution in [2.45, 2.75) is 38.6 Å². The predicted molar refractivity (Wildman–Crippen MR) is 94.8 cm³/mol. The highest BCUT2D eigenvalue weighted by molar-refractivity contribution is 5.74. The van der Waals surface area contributed by atoms with Crippen molar-refractivity contribution in [3.8, 4) is 0 Å². The molecule has 1 heterocycles. The summed E-state index contributed by atoms with van der Waals surface area (Å²) >= 11 is 0. The molecule has 1 fully saturated rings. The zero-order chi connectivity index (χ0) is 17.5. The SMILES string of the molecule is COC(=O)C(C(C)c1ccc(C)cc1)C1CCCN1C/C=C/CF. The third kappa shape index (κ3) is 4.44. The number of alkyl halides is 1. The molecule has 2 rings (SSSR count). The Bertz CT molecular complexity index is 555. The van der Waals surface area contributed by atoms with E-state index >= 15 is 0 Å². The minimum atomic E-state index is -0.446. The van der Waals surface area contributed by atoms with Crippen molar-refractivity contribution in [2.75, 3.05) is 26.9 Å². The van der Waals surface area contributed by atoms with Crippen molar-refractivity contribution < 1.29 is 13.9 Å². The van der Waals surface area contributed by atoms with Crippen LogP contribution in [-0.2, 0) is 9.53 Å². The number of methoxy groups -OCH3 is 1. The van der Waals surface area contributed by atoms with Gasteiger partial charge in [-0.05, 0) is 37.8 Å². The fourth-order valence-corrected chi connectivity index (χ4v) is 3.67. The van der Waals surface area contributed by atoms with Crippen molar-refractivity contribution in [2.24, 2.45) is 5.92 Å². The van der Waals surface area contributed by atoms with Gasteiger partial charge in [0.2, 0.25) is 0 Å². The Morgan fingerprint density at radius 1 is 1.38 bits per heavy atom. The van der Waals surface area contributed by atoms with E-state index in [4.69, 9.17) is 4.74 Å². The van der Waals surface area contributed by atoms with Gasteiger partial charge in [0.25, 0.3) is 0 Å². The average Bonchev–Trinajstić information content (AvgIpc) is 3.04.